The van der Waals surface area contributed by atoms with Crippen LogP contribution in [-0.4, -0.2) is 22.8 Å². The number of aromatic nitrogens is 1. The highest BCUT2D eigenvalue weighted by Crippen LogP contribution is 2.20. The van der Waals surface area contributed by atoms with Gasteiger partial charge < -0.3 is 9.72 Å². The quantitative estimate of drug-likeness (QED) is 0.437. The Bertz CT molecular complexity index is 861. The van der Waals surface area contributed by atoms with Crippen LogP contribution >= 0.6 is 11.3 Å². The average molecular weight is 325 g/mol. The van der Waals surface area contributed by atoms with Gasteiger partial charge in [0.05, 0.1) is 0 Å². The summed E-state index contributed by atoms with van der Waals surface area (Å²) in [5.74, 6) is -0.751. The number of nitrogens with one attached hydrogen (secondary N) is 1. The molecule has 0 spiro atoms. The topological polar surface area (TPSA) is 59.2 Å². The van der Waals surface area contributed by atoms with Crippen LogP contribution in [0.2, 0.25) is 0 Å². The van der Waals surface area contributed by atoms with Crippen LogP contribution in [-0.2, 0) is 9.53 Å². The standard InChI is InChI=1S/C18H15NO3S/c1-12(22-17(20)9-8-13-5-4-10-23-13)18(21)15-11-19-16-7-3-2-6-14(15)16/h2-12,19H,1H3/b9-8+/t12-/m0/s1. The lowest BCUT2D eigenvalue weighted by Gasteiger charge is -2.10. The van der Waals surface area contributed by atoms with Crippen molar-refractivity contribution in [3.63, 3.8) is 0 Å². The molecular weight excluding hydrogens is 310 g/mol. The summed E-state index contributed by atoms with van der Waals surface area (Å²) in [7, 11) is 0. The number of para-hydroxylation sites is 1. The fourth-order valence-corrected chi connectivity index (χ4v) is 2.92. The molecule has 0 saturated carbocycles. The van der Waals surface area contributed by atoms with Crippen LogP contribution in [0.3, 0.4) is 0 Å². The normalized spacial score (nSPS) is 12.6. The summed E-state index contributed by atoms with van der Waals surface area (Å²) < 4.78 is 5.20. The second kappa shape index (κ2) is 6.62. The molecule has 0 aliphatic rings. The smallest absolute Gasteiger partial charge is 0.331 e. The van der Waals surface area contributed by atoms with Gasteiger partial charge in [-0.05, 0) is 30.5 Å². The molecule has 1 atom stereocenters. The molecule has 116 valence electrons. The van der Waals surface area contributed by atoms with E-state index in [2.05, 4.69) is 4.98 Å². The van der Waals surface area contributed by atoms with Gasteiger partial charge in [0.15, 0.2) is 6.10 Å². The summed E-state index contributed by atoms with van der Waals surface area (Å²) in [6.45, 7) is 1.58. The van der Waals surface area contributed by atoms with Crippen LogP contribution in [0.25, 0.3) is 17.0 Å². The van der Waals surface area contributed by atoms with Crippen molar-refractivity contribution < 1.29 is 14.3 Å². The maximum Gasteiger partial charge on any atom is 0.331 e. The summed E-state index contributed by atoms with van der Waals surface area (Å²) in [6, 6.07) is 11.3. The van der Waals surface area contributed by atoms with Crippen molar-refractivity contribution in [3.8, 4) is 0 Å². The Kier molecular flexibility index (Phi) is 4.39. The first-order chi connectivity index (χ1) is 11.1. The zero-order chi connectivity index (χ0) is 16.2. The predicted octanol–water partition coefficient (Wildman–Crippen LogP) is 4.06. The van der Waals surface area contributed by atoms with Gasteiger partial charge in [0, 0.05) is 33.6 Å². The third kappa shape index (κ3) is 3.40. The number of hydrogen-bond donors (Lipinski definition) is 1. The first-order valence-electron chi connectivity index (χ1n) is 7.17. The van der Waals surface area contributed by atoms with Gasteiger partial charge in [-0.3, -0.25) is 4.79 Å². The summed E-state index contributed by atoms with van der Waals surface area (Å²) in [6.07, 6.45) is 3.83. The van der Waals surface area contributed by atoms with Gasteiger partial charge in [-0.15, -0.1) is 11.3 Å². The van der Waals surface area contributed by atoms with Crippen LogP contribution in [0.4, 0.5) is 0 Å². The molecule has 3 aromatic rings. The summed E-state index contributed by atoms with van der Waals surface area (Å²) in [4.78, 5) is 28.3. The van der Waals surface area contributed by atoms with Crippen LogP contribution in [0.1, 0.15) is 22.2 Å². The molecule has 0 fully saturated rings. The first-order valence-corrected chi connectivity index (χ1v) is 8.05. The van der Waals surface area contributed by atoms with Crippen LogP contribution < -0.4 is 0 Å². The lowest BCUT2D eigenvalue weighted by molar-refractivity contribution is -0.140. The molecule has 0 amide bonds. The molecule has 0 aliphatic carbocycles. The maximum absolute atomic E-state index is 12.5. The van der Waals surface area contributed by atoms with Crippen LogP contribution in [0.15, 0.2) is 54.1 Å². The van der Waals surface area contributed by atoms with E-state index in [1.807, 2.05) is 41.8 Å². The highest BCUT2D eigenvalue weighted by atomic mass is 32.1. The number of H-pyrrole nitrogens is 1. The molecule has 0 bridgehead atoms. The van der Waals surface area contributed by atoms with Gasteiger partial charge in [-0.2, -0.15) is 0 Å². The van der Waals surface area contributed by atoms with Crippen molar-refractivity contribution >= 4 is 40.1 Å². The Balaban J connectivity index is 1.69. The lowest BCUT2D eigenvalue weighted by Crippen LogP contribution is -2.23. The van der Waals surface area contributed by atoms with Gasteiger partial charge in [0.1, 0.15) is 0 Å². The lowest BCUT2D eigenvalue weighted by atomic mass is 10.1. The summed E-state index contributed by atoms with van der Waals surface area (Å²) in [5.41, 5.74) is 1.41. The highest BCUT2D eigenvalue weighted by Gasteiger charge is 2.21. The number of Topliss-reactive ketones (excluding diaryl/α,β-unsaturated/α-hetero) is 1. The number of ether oxygens (including phenoxy) is 1. The van der Waals surface area contributed by atoms with E-state index in [4.69, 9.17) is 4.74 Å². The highest BCUT2D eigenvalue weighted by molar-refractivity contribution is 7.10. The molecule has 0 aliphatic heterocycles. The number of carbonyl (C=O) groups is 2. The van der Waals surface area contributed by atoms with E-state index < -0.39 is 12.1 Å². The van der Waals surface area contributed by atoms with Gasteiger partial charge >= 0.3 is 5.97 Å². The van der Waals surface area contributed by atoms with Crippen molar-refractivity contribution in [1.29, 1.82) is 0 Å². The molecule has 23 heavy (non-hydrogen) atoms. The largest absolute Gasteiger partial charge is 0.451 e. The second-order valence-electron chi connectivity index (χ2n) is 5.04. The number of rotatable bonds is 5. The molecule has 0 saturated heterocycles. The molecule has 4 nitrogen and oxygen atoms in total. The predicted molar refractivity (Wildman–Crippen MR) is 91.5 cm³/mol. The second-order valence-corrected chi connectivity index (χ2v) is 6.02. The minimum absolute atomic E-state index is 0.222. The minimum Gasteiger partial charge on any atom is -0.451 e. The third-order valence-corrected chi connectivity index (χ3v) is 4.28. The third-order valence-electron chi connectivity index (χ3n) is 3.44. The number of hydrogen-bond acceptors (Lipinski definition) is 4. The Morgan fingerprint density at radius 3 is 2.83 bits per heavy atom. The van der Waals surface area contributed by atoms with Crippen molar-refractivity contribution in [2.75, 3.05) is 0 Å². The van der Waals surface area contributed by atoms with Crippen LogP contribution in [0, 0.1) is 0 Å². The van der Waals surface area contributed by atoms with Gasteiger partial charge in [0.2, 0.25) is 5.78 Å². The first kappa shape index (κ1) is 15.2. The van der Waals surface area contributed by atoms with Crippen molar-refractivity contribution in [3.05, 3.63) is 64.5 Å². The molecule has 5 heteroatoms. The van der Waals surface area contributed by atoms with E-state index in [-0.39, 0.29) is 5.78 Å². The molecule has 1 N–H and O–H groups in total. The number of benzene rings is 1. The Labute approximate surface area is 137 Å². The number of aromatic amines is 1. The minimum atomic E-state index is -0.838. The molecule has 2 heterocycles. The Hall–Kier alpha value is -2.66. The van der Waals surface area contributed by atoms with Crippen LogP contribution in [0.5, 0.6) is 0 Å². The molecule has 2 aromatic heterocycles. The molecule has 1 aromatic carbocycles. The van der Waals surface area contributed by atoms with E-state index in [1.54, 1.807) is 19.2 Å². The van der Waals surface area contributed by atoms with E-state index in [1.165, 1.54) is 17.4 Å². The molecular formula is C18H15NO3S. The zero-order valence-electron chi connectivity index (χ0n) is 12.5. The maximum atomic E-state index is 12.5. The zero-order valence-corrected chi connectivity index (χ0v) is 13.3. The Morgan fingerprint density at radius 1 is 1.22 bits per heavy atom. The van der Waals surface area contributed by atoms with Crippen molar-refractivity contribution in [2.45, 2.75) is 13.0 Å². The van der Waals surface area contributed by atoms with Gasteiger partial charge in [0.25, 0.3) is 0 Å². The van der Waals surface area contributed by atoms with Crippen molar-refractivity contribution in [2.24, 2.45) is 0 Å². The number of ketones is 1. The molecule has 0 unspecified atom stereocenters. The summed E-state index contributed by atoms with van der Waals surface area (Å²) in [5, 5.41) is 2.75. The van der Waals surface area contributed by atoms with E-state index >= 15 is 0 Å². The van der Waals surface area contributed by atoms with E-state index in [0.29, 0.717) is 5.56 Å². The molecule has 0 radical (unpaired) electrons. The van der Waals surface area contributed by atoms with E-state index in [9.17, 15) is 9.59 Å². The fraction of sp³-hybridized carbons (Fsp3) is 0.111. The van der Waals surface area contributed by atoms with E-state index in [0.717, 1.165) is 15.8 Å². The SMILES string of the molecule is C[C@H](OC(=O)/C=C/c1cccs1)C(=O)c1c[nH]c2ccccc12. The number of fused-ring (bicyclic) bond motifs is 1. The van der Waals surface area contributed by atoms with Gasteiger partial charge in [-0.25, -0.2) is 4.79 Å². The number of carbonyl (C=O) groups excluding carboxylic acids is 2. The van der Waals surface area contributed by atoms with Gasteiger partial charge in [-0.1, -0.05) is 24.3 Å². The number of thiophene rings is 1. The monoisotopic (exact) mass is 325 g/mol. The average Bonchev–Trinajstić information content (AvgIpc) is 3.21. The molecule has 3 rings (SSSR count). The summed E-state index contributed by atoms with van der Waals surface area (Å²) >= 11 is 1.52. The Morgan fingerprint density at radius 2 is 2.04 bits per heavy atom. The fourth-order valence-electron chi connectivity index (χ4n) is 2.30. The number of esters is 1. The van der Waals surface area contributed by atoms with Crippen molar-refractivity contribution in [1.82, 2.24) is 4.98 Å².